The lowest BCUT2D eigenvalue weighted by Gasteiger charge is -2.15. The van der Waals surface area contributed by atoms with Crippen LogP contribution in [0.2, 0.25) is 0 Å². The van der Waals surface area contributed by atoms with Crippen LogP contribution in [0, 0.1) is 6.92 Å². The Balaban J connectivity index is 2.48. The SMILES string of the molecule is Cc1occc1C(CCCC(F)(F)F)NN. The van der Waals surface area contributed by atoms with Gasteiger partial charge in [-0.05, 0) is 25.8 Å². The second-order valence-electron chi connectivity index (χ2n) is 3.66. The molecule has 1 rings (SSSR count). The van der Waals surface area contributed by atoms with Gasteiger partial charge in [0.05, 0.1) is 6.26 Å². The third-order valence-corrected chi connectivity index (χ3v) is 2.43. The molecule has 3 nitrogen and oxygen atoms in total. The number of nitrogens with one attached hydrogen (secondary N) is 1. The second-order valence-corrected chi connectivity index (χ2v) is 3.66. The van der Waals surface area contributed by atoms with E-state index in [1.807, 2.05) is 0 Å². The van der Waals surface area contributed by atoms with Gasteiger partial charge in [-0.2, -0.15) is 13.2 Å². The van der Waals surface area contributed by atoms with Crippen molar-refractivity contribution in [2.75, 3.05) is 0 Å². The Kier molecular flexibility index (Phi) is 4.37. The molecular weight excluding hydrogens is 221 g/mol. The highest BCUT2D eigenvalue weighted by Crippen LogP contribution is 2.27. The molecule has 16 heavy (non-hydrogen) atoms. The van der Waals surface area contributed by atoms with Crippen molar-refractivity contribution in [1.29, 1.82) is 0 Å². The number of halogens is 3. The van der Waals surface area contributed by atoms with Crippen LogP contribution in [-0.2, 0) is 0 Å². The molecule has 0 bridgehead atoms. The molecule has 0 aliphatic heterocycles. The van der Waals surface area contributed by atoms with Crippen LogP contribution in [0.3, 0.4) is 0 Å². The highest BCUT2D eigenvalue weighted by atomic mass is 19.4. The van der Waals surface area contributed by atoms with Crippen molar-refractivity contribution in [3.05, 3.63) is 23.7 Å². The quantitative estimate of drug-likeness (QED) is 0.610. The number of furan rings is 1. The van der Waals surface area contributed by atoms with Crippen LogP contribution in [0.5, 0.6) is 0 Å². The van der Waals surface area contributed by atoms with Gasteiger partial charge in [0.2, 0.25) is 0 Å². The fourth-order valence-corrected chi connectivity index (χ4v) is 1.59. The Morgan fingerprint density at radius 3 is 2.62 bits per heavy atom. The smallest absolute Gasteiger partial charge is 0.389 e. The molecule has 0 spiro atoms. The zero-order valence-electron chi connectivity index (χ0n) is 8.97. The summed E-state index contributed by atoms with van der Waals surface area (Å²) in [5.74, 6) is 5.99. The highest BCUT2D eigenvalue weighted by Gasteiger charge is 2.27. The zero-order chi connectivity index (χ0) is 12.2. The first-order valence-electron chi connectivity index (χ1n) is 5.01. The molecule has 1 unspecified atom stereocenters. The second kappa shape index (κ2) is 5.36. The summed E-state index contributed by atoms with van der Waals surface area (Å²) in [6.45, 7) is 1.75. The lowest BCUT2D eigenvalue weighted by atomic mass is 10.0. The minimum Gasteiger partial charge on any atom is -0.469 e. The summed E-state index contributed by atoms with van der Waals surface area (Å²) in [5.41, 5.74) is 3.31. The topological polar surface area (TPSA) is 51.2 Å². The highest BCUT2D eigenvalue weighted by molar-refractivity contribution is 5.19. The molecule has 0 radical (unpaired) electrons. The summed E-state index contributed by atoms with van der Waals surface area (Å²) in [5, 5.41) is 0. The molecule has 1 atom stereocenters. The van der Waals surface area contributed by atoms with Gasteiger partial charge >= 0.3 is 6.18 Å². The Labute approximate surface area is 91.8 Å². The standard InChI is InChI=1S/C10H15F3N2O/c1-7-8(4-6-16-7)9(15-14)3-2-5-10(11,12)13/h4,6,9,15H,2-3,5,14H2,1H3. The van der Waals surface area contributed by atoms with Gasteiger partial charge < -0.3 is 4.42 Å². The predicted octanol–water partition coefficient (Wildman–Crippen LogP) is 2.83. The van der Waals surface area contributed by atoms with Crippen molar-refractivity contribution in [3.63, 3.8) is 0 Å². The van der Waals surface area contributed by atoms with Gasteiger partial charge in [0.25, 0.3) is 0 Å². The van der Waals surface area contributed by atoms with Crippen molar-refractivity contribution in [3.8, 4) is 0 Å². The van der Waals surface area contributed by atoms with Gasteiger partial charge in [-0.1, -0.05) is 0 Å². The fraction of sp³-hybridized carbons (Fsp3) is 0.600. The van der Waals surface area contributed by atoms with E-state index >= 15 is 0 Å². The summed E-state index contributed by atoms with van der Waals surface area (Å²) in [7, 11) is 0. The number of hydrazine groups is 1. The molecule has 0 amide bonds. The number of aryl methyl sites for hydroxylation is 1. The molecule has 6 heteroatoms. The van der Waals surface area contributed by atoms with Crippen molar-refractivity contribution in [1.82, 2.24) is 5.43 Å². The van der Waals surface area contributed by atoms with Gasteiger partial charge in [-0.3, -0.25) is 11.3 Å². The molecule has 0 aliphatic carbocycles. The van der Waals surface area contributed by atoms with Crippen molar-refractivity contribution in [2.45, 2.75) is 38.4 Å². The van der Waals surface area contributed by atoms with E-state index in [1.54, 1.807) is 13.0 Å². The molecule has 1 aromatic heterocycles. The Hall–Kier alpha value is -1.01. The average Bonchev–Trinajstić information content (AvgIpc) is 2.58. The molecule has 0 aliphatic rings. The summed E-state index contributed by atoms with van der Waals surface area (Å²) in [4.78, 5) is 0. The van der Waals surface area contributed by atoms with E-state index < -0.39 is 12.6 Å². The molecule has 1 aromatic rings. The lowest BCUT2D eigenvalue weighted by Crippen LogP contribution is -2.28. The number of hydrogen-bond donors (Lipinski definition) is 2. The largest absolute Gasteiger partial charge is 0.469 e. The maximum absolute atomic E-state index is 12.0. The van der Waals surface area contributed by atoms with Crippen LogP contribution in [0.1, 0.15) is 36.6 Å². The van der Waals surface area contributed by atoms with Gasteiger partial charge in [-0.15, -0.1) is 0 Å². The lowest BCUT2D eigenvalue weighted by molar-refractivity contribution is -0.135. The molecule has 0 aromatic carbocycles. The van der Waals surface area contributed by atoms with Crippen LogP contribution in [0.15, 0.2) is 16.7 Å². The molecule has 0 fully saturated rings. The van der Waals surface area contributed by atoms with E-state index in [-0.39, 0.29) is 12.5 Å². The van der Waals surface area contributed by atoms with Gasteiger partial charge in [-0.25, -0.2) is 0 Å². The Morgan fingerprint density at radius 2 is 2.19 bits per heavy atom. The van der Waals surface area contributed by atoms with Crippen LogP contribution in [0.25, 0.3) is 0 Å². The summed E-state index contributed by atoms with van der Waals surface area (Å²) < 4.78 is 41.0. The molecular formula is C10H15F3N2O. The van der Waals surface area contributed by atoms with Crippen LogP contribution in [-0.4, -0.2) is 6.18 Å². The molecule has 0 saturated carbocycles. The average molecular weight is 236 g/mol. The van der Waals surface area contributed by atoms with Gasteiger partial charge in [0.15, 0.2) is 0 Å². The number of nitrogens with two attached hydrogens (primary N) is 1. The Bertz CT molecular complexity index is 322. The van der Waals surface area contributed by atoms with Crippen molar-refractivity contribution >= 4 is 0 Å². The number of hydrogen-bond acceptors (Lipinski definition) is 3. The van der Waals surface area contributed by atoms with E-state index in [2.05, 4.69) is 5.43 Å². The van der Waals surface area contributed by atoms with Crippen LogP contribution >= 0.6 is 0 Å². The van der Waals surface area contributed by atoms with Crippen LogP contribution in [0.4, 0.5) is 13.2 Å². The molecule has 92 valence electrons. The first-order valence-corrected chi connectivity index (χ1v) is 5.01. The first kappa shape index (κ1) is 13.1. The fourth-order valence-electron chi connectivity index (χ4n) is 1.59. The van der Waals surface area contributed by atoms with E-state index in [0.717, 1.165) is 5.56 Å². The zero-order valence-corrected chi connectivity index (χ0v) is 8.97. The third kappa shape index (κ3) is 3.86. The van der Waals surface area contributed by atoms with E-state index in [4.69, 9.17) is 10.3 Å². The third-order valence-electron chi connectivity index (χ3n) is 2.43. The maximum Gasteiger partial charge on any atom is 0.389 e. The monoisotopic (exact) mass is 236 g/mol. The van der Waals surface area contributed by atoms with Crippen LogP contribution < -0.4 is 11.3 Å². The van der Waals surface area contributed by atoms with Crippen molar-refractivity contribution in [2.24, 2.45) is 5.84 Å². The molecule has 3 N–H and O–H groups in total. The minimum absolute atomic E-state index is 0.0446. The predicted molar refractivity (Wildman–Crippen MR) is 53.4 cm³/mol. The molecule has 0 saturated heterocycles. The molecule has 1 heterocycles. The minimum atomic E-state index is -4.11. The van der Waals surface area contributed by atoms with Crippen molar-refractivity contribution < 1.29 is 17.6 Å². The summed E-state index contributed by atoms with van der Waals surface area (Å²) in [6, 6.07) is 1.43. The van der Waals surface area contributed by atoms with Gasteiger partial charge in [0.1, 0.15) is 5.76 Å². The first-order chi connectivity index (χ1) is 7.44. The number of alkyl halides is 3. The van der Waals surface area contributed by atoms with E-state index in [1.165, 1.54) is 6.26 Å². The maximum atomic E-state index is 12.0. The normalized spacial score (nSPS) is 14.1. The van der Waals surface area contributed by atoms with Gasteiger partial charge in [0, 0.05) is 18.0 Å². The summed E-state index contributed by atoms with van der Waals surface area (Å²) >= 11 is 0. The summed E-state index contributed by atoms with van der Waals surface area (Å²) in [6.07, 6.45) is -3.02. The van der Waals surface area contributed by atoms with E-state index in [0.29, 0.717) is 12.2 Å². The Morgan fingerprint density at radius 1 is 1.50 bits per heavy atom. The number of rotatable bonds is 5. The van der Waals surface area contributed by atoms with E-state index in [9.17, 15) is 13.2 Å².